The summed E-state index contributed by atoms with van der Waals surface area (Å²) in [4.78, 5) is 10.6. The Hall–Kier alpha value is -2.28. The highest BCUT2D eigenvalue weighted by Gasteiger charge is 2.21. The standard InChI is InChI=1S/C14H17N5O2/c1-9-6-14(19(20)21)10(2)5-13(9)18-8-12(16-17-18)7-15-11-3-4-11/h5-6,8,11,15H,3-4,7H2,1-2H3. The van der Waals surface area contributed by atoms with Gasteiger partial charge in [-0.05, 0) is 38.3 Å². The van der Waals surface area contributed by atoms with Crippen LogP contribution in [0.1, 0.15) is 29.7 Å². The highest BCUT2D eigenvalue weighted by molar-refractivity contribution is 5.52. The van der Waals surface area contributed by atoms with Crippen LogP contribution in [0.5, 0.6) is 0 Å². The molecule has 1 aromatic carbocycles. The van der Waals surface area contributed by atoms with E-state index < -0.39 is 0 Å². The Kier molecular flexibility index (Phi) is 3.42. The minimum Gasteiger partial charge on any atom is -0.308 e. The molecule has 0 amide bonds. The topological polar surface area (TPSA) is 85.9 Å². The van der Waals surface area contributed by atoms with Gasteiger partial charge in [0, 0.05) is 24.2 Å². The van der Waals surface area contributed by atoms with E-state index >= 15 is 0 Å². The lowest BCUT2D eigenvalue weighted by Gasteiger charge is -2.07. The lowest BCUT2D eigenvalue weighted by atomic mass is 10.1. The van der Waals surface area contributed by atoms with Crippen LogP contribution in [0.15, 0.2) is 18.3 Å². The van der Waals surface area contributed by atoms with Gasteiger partial charge in [0.15, 0.2) is 0 Å². The fourth-order valence-electron chi connectivity index (χ4n) is 2.26. The van der Waals surface area contributed by atoms with Crippen molar-refractivity contribution in [2.75, 3.05) is 0 Å². The monoisotopic (exact) mass is 287 g/mol. The molecule has 1 fully saturated rings. The Labute approximate surface area is 122 Å². The largest absolute Gasteiger partial charge is 0.308 e. The average Bonchev–Trinajstić information content (AvgIpc) is 3.16. The molecule has 1 aliphatic carbocycles. The molecule has 7 nitrogen and oxygen atoms in total. The molecule has 1 N–H and O–H groups in total. The maximum Gasteiger partial charge on any atom is 0.272 e. The first kappa shape index (κ1) is 13.7. The average molecular weight is 287 g/mol. The first-order chi connectivity index (χ1) is 10.0. The zero-order valence-corrected chi connectivity index (χ0v) is 12.0. The van der Waals surface area contributed by atoms with Crippen LogP contribution in [0.4, 0.5) is 5.69 Å². The van der Waals surface area contributed by atoms with Gasteiger partial charge in [0.2, 0.25) is 0 Å². The number of nitro benzene ring substituents is 1. The molecule has 0 saturated heterocycles. The van der Waals surface area contributed by atoms with Gasteiger partial charge in [-0.15, -0.1) is 5.10 Å². The van der Waals surface area contributed by atoms with Crippen LogP contribution in [0.25, 0.3) is 5.69 Å². The van der Waals surface area contributed by atoms with Crippen LogP contribution >= 0.6 is 0 Å². The van der Waals surface area contributed by atoms with Crippen molar-refractivity contribution in [3.8, 4) is 5.69 Å². The Bertz CT molecular complexity index is 691. The summed E-state index contributed by atoms with van der Waals surface area (Å²) in [5.74, 6) is 0. The first-order valence-electron chi connectivity index (χ1n) is 6.95. The number of hydrogen-bond acceptors (Lipinski definition) is 5. The van der Waals surface area contributed by atoms with Gasteiger partial charge in [0.25, 0.3) is 5.69 Å². The van der Waals surface area contributed by atoms with Crippen molar-refractivity contribution in [2.45, 2.75) is 39.3 Å². The maximum atomic E-state index is 10.9. The van der Waals surface area contributed by atoms with Gasteiger partial charge in [0.05, 0.1) is 22.5 Å². The number of hydrogen-bond donors (Lipinski definition) is 1. The van der Waals surface area contributed by atoms with E-state index in [0.717, 1.165) is 16.9 Å². The normalized spacial score (nSPS) is 14.4. The highest BCUT2D eigenvalue weighted by Crippen LogP contribution is 2.25. The molecule has 0 aliphatic heterocycles. The van der Waals surface area contributed by atoms with Crippen LogP contribution in [0.2, 0.25) is 0 Å². The molecule has 1 aliphatic rings. The van der Waals surface area contributed by atoms with E-state index in [1.165, 1.54) is 12.8 Å². The molecule has 2 aromatic rings. The van der Waals surface area contributed by atoms with E-state index in [0.29, 0.717) is 18.2 Å². The number of nitrogens with zero attached hydrogens (tertiary/aromatic N) is 4. The molecule has 1 saturated carbocycles. The third kappa shape index (κ3) is 2.92. The van der Waals surface area contributed by atoms with Crippen molar-refractivity contribution >= 4 is 5.69 Å². The van der Waals surface area contributed by atoms with E-state index in [4.69, 9.17) is 0 Å². The Morgan fingerprint density at radius 1 is 1.38 bits per heavy atom. The summed E-state index contributed by atoms with van der Waals surface area (Å²) in [6.45, 7) is 4.27. The van der Waals surface area contributed by atoms with Crippen LogP contribution in [0, 0.1) is 24.0 Å². The molecule has 0 bridgehead atoms. The maximum absolute atomic E-state index is 10.9. The molecule has 21 heavy (non-hydrogen) atoms. The molecular weight excluding hydrogens is 270 g/mol. The molecule has 3 rings (SSSR count). The zero-order chi connectivity index (χ0) is 15.0. The molecule has 7 heteroatoms. The van der Waals surface area contributed by atoms with Crippen LogP contribution in [-0.4, -0.2) is 26.0 Å². The van der Waals surface area contributed by atoms with Crippen molar-refractivity contribution in [3.63, 3.8) is 0 Å². The summed E-state index contributed by atoms with van der Waals surface area (Å²) in [6.07, 6.45) is 4.33. The second-order valence-corrected chi connectivity index (χ2v) is 5.49. The van der Waals surface area contributed by atoms with Crippen molar-refractivity contribution < 1.29 is 4.92 Å². The van der Waals surface area contributed by atoms with E-state index in [1.54, 1.807) is 23.7 Å². The molecule has 1 heterocycles. The predicted molar refractivity (Wildman–Crippen MR) is 77.3 cm³/mol. The van der Waals surface area contributed by atoms with Gasteiger partial charge in [0.1, 0.15) is 0 Å². The molecule has 110 valence electrons. The first-order valence-corrected chi connectivity index (χ1v) is 6.95. The quantitative estimate of drug-likeness (QED) is 0.672. The van der Waals surface area contributed by atoms with Crippen molar-refractivity contribution in [2.24, 2.45) is 0 Å². The van der Waals surface area contributed by atoms with Gasteiger partial charge in [-0.3, -0.25) is 10.1 Å². The van der Waals surface area contributed by atoms with Crippen LogP contribution in [0.3, 0.4) is 0 Å². The van der Waals surface area contributed by atoms with Gasteiger partial charge in [-0.2, -0.15) is 0 Å². The number of rotatable bonds is 5. The molecule has 0 radical (unpaired) electrons. The number of aryl methyl sites for hydroxylation is 2. The predicted octanol–water partition coefficient (Wildman–Crippen LogP) is 2.04. The van der Waals surface area contributed by atoms with E-state index in [1.807, 2.05) is 13.1 Å². The van der Waals surface area contributed by atoms with Crippen molar-refractivity contribution in [1.82, 2.24) is 20.3 Å². The number of nitro groups is 1. The van der Waals surface area contributed by atoms with Crippen LogP contribution in [-0.2, 0) is 6.54 Å². The summed E-state index contributed by atoms with van der Waals surface area (Å²) in [7, 11) is 0. The highest BCUT2D eigenvalue weighted by atomic mass is 16.6. The minimum absolute atomic E-state index is 0.131. The lowest BCUT2D eigenvalue weighted by molar-refractivity contribution is -0.385. The molecule has 0 unspecified atom stereocenters. The number of benzene rings is 1. The van der Waals surface area contributed by atoms with E-state index in [9.17, 15) is 10.1 Å². The molecule has 1 aromatic heterocycles. The Balaban J connectivity index is 1.85. The Morgan fingerprint density at radius 3 is 2.81 bits per heavy atom. The summed E-state index contributed by atoms with van der Waals surface area (Å²) < 4.78 is 1.68. The fourth-order valence-corrected chi connectivity index (χ4v) is 2.26. The van der Waals surface area contributed by atoms with Crippen LogP contribution < -0.4 is 5.32 Å². The summed E-state index contributed by atoms with van der Waals surface area (Å²) >= 11 is 0. The minimum atomic E-state index is -0.363. The molecule has 0 spiro atoms. The third-order valence-electron chi connectivity index (χ3n) is 3.65. The third-order valence-corrected chi connectivity index (χ3v) is 3.65. The zero-order valence-electron chi connectivity index (χ0n) is 12.0. The van der Waals surface area contributed by atoms with Gasteiger partial charge in [-0.1, -0.05) is 5.21 Å². The van der Waals surface area contributed by atoms with Crippen molar-refractivity contribution in [1.29, 1.82) is 0 Å². The van der Waals surface area contributed by atoms with E-state index in [2.05, 4.69) is 15.6 Å². The lowest BCUT2D eigenvalue weighted by Crippen LogP contribution is -2.15. The summed E-state index contributed by atoms with van der Waals surface area (Å²) in [5.41, 5.74) is 3.25. The van der Waals surface area contributed by atoms with Gasteiger partial charge in [-0.25, -0.2) is 4.68 Å². The Morgan fingerprint density at radius 2 is 2.14 bits per heavy atom. The molecular formula is C14H17N5O2. The molecule has 0 atom stereocenters. The van der Waals surface area contributed by atoms with Crippen molar-refractivity contribution in [3.05, 3.63) is 45.3 Å². The second kappa shape index (κ2) is 5.25. The summed E-state index contributed by atoms with van der Waals surface area (Å²) in [6, 6.07) is 3.98. The number of nitrogens with one attached hydrogen (secondary N) is 1. The van der Waals surface area contributed by atoms with Gasteiger partial charge >= 0.3 is 0 Å². The van der Waals surface area contributed by atoms with Gasteiger partial charge < -0.3 is 5.32 Å². The van der Waals surface area contributed by atoms with E-state index in [-0.39, 0.29) is 10.6 Å². The fraction of sp³-hybridized carbons (Fsp3) is 0.429. The number of aromatic nitrogens is 3. The summed E-state index contributed by atoms with van der Waals surface area (Å²) in [5, 5.41) is 22.6. The second-order valence-electron chi connectivity index (χ2n) is 5.49. The smallest absolute Gasteiger partial charge is 0.272 e. The SMILES string of the molecule is Cc1cc([N+](=O)[O-])c(C)cc1-n1cc(CNC2CC2)nn1.